The number of ether oxygens (including phenoxy) is 1. The van der Waals surface area contributed by atoms with Crippen LogP contribution in [0.5, 0.6) is 0 Å². The second kappa shape index (κ2) is 6.10. The van der Waals surface area contributed by atoms with Crippen molar-refractivity contribution in [2.75, 3.05) is 6.54 Å². The van der Waals surface area contributed by atoms with Crippen molar-refractivity contribution in [1.29, 1.82) is 0 Å². The molecular weight excluding hydrogens is 376 g/mol. The predicted molar refractivity (Wildman–Crippen MR) is 100 cm³/mol. The molecule has 3 heterocycles. The summed E-state index contributed by atoms with van der Waals surface area (Å²) in [6.45, 7) is 6.07. The summed E-state index contributed by atoms with van der Waals surface area (Å²) in [5, 5.41) is 18.2. The summed E-state index contributed by atoms with van der Waals surface area (Å²) in [7, 11) is 0. The van der Waals surface area contributed by atoms with Crippen molar-refractivity contribution in [3.05, 3.63) is 17.5 Å². The number of carbonyl (C=O) groups excluding carboxylic acids is 2. The Balaban J connectivity index is 1.21. The van der Waals surface area contributed by atoms with Crippen molar-refractivity contribution in [2.24, 2.45) is 5.41 Å². The lowest BCUT2D eigenvalue weighted by Gasteiger charge is -2.35. The Bertz CT molecular complexity index is 836. The van der Waals surface area contributed by atoms with Gasteiger partial charge >= 0.3 is 12.1 Å². The highest BCUT2D eigenvalue weighted by Gasteiger charge is 2.63. The Labute approximate surface area is 169 Å². The van der Waals surface area contributed by atoms with E-state index in [1.807, 2.05) is 26.8 Å². The maximum absolute atomic E-state index is 12.4. The lowest BCUT2D eigenvalue weighted by atomic mass is 9.78. The highest BCUT2D eigenvalue weighted by Crippen LogP contribution is 2.61. The molecule has 3 amide bonds. The van der Waals surface area contributed by atoms with E-state index in [0.29, 0.717) is 6.54 Å². The lowest BCUT2D eigenvalue weighted by Crippen LogP contribution is -2.45. The van der Waals surface area contributed by atoms with Crippen LogP contribution in [-0.4, -0.2) is 56.7 Å². The van der Waals surface area contributed by atoms with Crippen molar-refractivity contribution < 1.29 is 24.1 Å². The van der Waals surface area contributed by atoms with Crippen molar-refractivity contribution in [2.45, 2.75) is 82.5 Å². The van der Waals surface area contributed by atoms with Crippen LogP contribution in [0.15, 0.2) is 10.6 Å². The maximum atomic E-state index is 12.4. The number of rotatable bonds is 3. The van der Waals surface area contributed by atoms with E-state index in [9.17, 15) is 14.8 Å². The molecule has 2 bridgehead atoms. The number of urea groups is 1. The standard InChI is InChI=1S/C20H28N4O5/c1-19(2,3)28-17(25)21-12-6-11(7-12)15-8-13(22-29-15)14-9-20(4-5-20)16-10-23(14)18(26)24(16)27/h8,11-12,14,16,27H,4-7,9-10H2,1-3H3,(H,21,25)/t11?,12?,14-,16+/m0/s1. The number of aromatic nitrogens is 1. The van der Waals surface area contributed by atoms with Gasteiger partial charge in [-0.15, -0.1) is 0 Å². The first-order valence-electron chi connectivity index (χ1n) is 10.4. The van der Waals surface area contributed by atoms with E-state index in [0.717, 1.165) is 48.6 Å². The molecule has 2 saturated carbocycles. The van der Waals surface area contributed by atoms with E-state index in [1.165, 1.54) is 0 Å². The number of nitrogens with one attached hydrogen (secondary N) is 1. The molecule has 9 heteroatoms. The number of fused-ring (bicyclic) bond motifs is 3. The van der Waals surface area contributed by atoms with Gasteiger partial charge in [-0.2, -0.15) is 0 Å². The number of hydrogen-bond donors (Lipinski definition) is 2. The van der Waals surface area contributed by atoms with Crippen molar-refractivity contribution in [3.63, 3.8) is 0 Å². The zero-order valence-electron chi connectivity index (χ0n) is 17.1. The quantitative estimate of drug-likeness (QED) is 0.749. The Kier molecular flexibility index (Phi) is 3.94. The fourth-order valence-corrected chi connectivity index (χ4v) is 5.01. The molecule has 1 aromatic heterocycles. The van der Waals surface area contributed by atoms with Gasteiger partial charge in [0.2, 0.25) is 0 Å². The zero-order valence-corrected chi connectivity index (χ0v) is 17.1. The smallest absolute Gasteiger partial charge is 0.407 e. The summed E-state index contributed by atoms with van der Waals surface area (Å²) < 4.78 is 10.9. The molecule has 0 aromatic carbocycles. The first kappa shape index (κ1) is 18.7. The van der Waals surface area contributed by atoms with Gasteiger partial charge in [0.25, 0.3) is 0 Å². The maximum Gasteiger partial charge on any atom is 0.407 e. The summed E-state index contributed by atoms with van der Waals surface area (Å²) in [6, 6.07) is 1.44. The minimum absolute atomic E-state index is 0.0279. The molecule has 1 aromatic rings. The SMILES string of the molecule is CC(C)(C)OC(=O)NC1CC(c2cc([C@@H]3CC4(CC4)[C@H]4CN3C(=O)N4O)no2)C1. The van der Waals surface area contributed by atoms with Gasteiger partial charge in [0.05, 0.1) is 12.1 Å². The summed E-state index contributed by atoms with van der Waals surface area (Å²) >= 11 is 0. The van der Waals surface area contributed by atoms with Crippen LogP contribution in [0.4, 0.5) is 9.59 Å². The number of piperidine rings is 1. The van der Waals surface area contributed by atoms with E-state index in [-0.39, 0.29) is 35.5 Å². The van der Waals surface area contributed by atoms with E-state index in [1.54, 1.807) is 4.90 Å². The molecule has 29 heavy (non-hydrogen) atoms. The Morgan fingerprint density at radius 2 is 2.10 bits per heavy atom. The van der Waals surface area contributed by atoms with Crippen molar-refractivity contribution in [3.8, 4) is 0 Å². The molecule has 2 atom stereocenters. The summed E-state index contributed by atoms with van der Waals surface area (Å²) in [4.78, 5) is 26.0. The number of hydroxylamine groups is 2. The van der Waals surface area contributed by atoms with E-state index >= 15 is 0 Å². The largest absolute Gasteiger partial charge is 0.444 e. The monoisotopic (exact) mass is 404 g/mol. The molecule has 1 spiro atoms. The average molecular weight is 404 g/mol. The van der Waals surface area contributed by atoms with Crippen molar-refractivity contribution in [1.82, 2.24) is 20.4 Å². The van der Waals surface area contributed by atoms with Gasteiger partial charge in [0.1, 0.15) is 17.1 Å². The van der Waals surface area contributed by atoms with Gasteiger partial charge < -0.3 is 19.5 Å². The number of alkyl carbamates (subject to hydrolysis) is 1. The number of amides is 3. The highest BCUT2D eigenvalue weighted by molar-refractivity contribution is 5.77. The molecule has 9 nitrogen and oxygen atoms in total. The fraction of sp³-hybridized carbons (Fsp3) is 0.750. The van der Waals surface area contributed by atoms with Gasteiger partial charge in [-0.3, -0.25) is 5.21 Å². The fourth-order valence-electron chi connectivity index (χ4n) is 5.01. The third kappa shape index (κ3) is 3.15. The summed E-state index contributed by atoms with van der Waals surface area (Å²) in [5.41, 5.74) is 0.277. The molecule has 2 N–H and O–H groups in total. The van der Waals surface area contributed by atoms with Crippen LogP contribution >= 0.6 is 0 Å². The van der Waals surface area contributed by atoms with Crippen LogP contribution in [0.25, 0.3) is 0 Å². The van der Waals surface area contributed by atoms with Crippen LogP contribution in [0.3, 0.4) is 0 Å². The van der Waals surface area contributed by atoms with Crippen LogP contribution in [0.1, 0.15) is 76.3 Å². The number of carbonyl (C=O) groups is 2. The van der Waals surface area contributed by atoms with Gasteiger partial charge in [-0.05, 0) is 58.3 Å². The topological polar surface area (TPSA) is 108 Å². The van der Waals surface area contributed by atoms with E-state index in [4.69, 9.17) is 9.26 Å². The van der Waals surface area contributed by atoms with Crippen molar-refractivity contribution >= 4 is 12.1 Å². The molecule has 0 radical (unpaired) electrons. The predicted octanol–water partition coefficient (Wildman–Crippen LogP) is 3.17. The Morgan fingerprint density at radius 1 is 1.38 bits per heavy atom. The third-order valence-electron chi connectivity index (χ3n) is 6.83. The summed E-state index contributed by atoms with van der Waals surface area (Å²) in [5.74, 6) is 0.993. The molecule has 0 unspecified atom stereocenters. The molecule has 2 aliphatic heterocycles. The number of nitrogens with zero attached hydrogens (tertiary/aromatic N) is 3. The first-order valence-corrected chi connectivity index (χ1v) is 10.4. The molecule has 2 saturated heterocycles. The molecule has 158 valence electrons. The first-order chi connectivity index (χ1) is 13.7. The summed E-state index contributed by atoms with van der Waals surface area (Å²) in [6.07, 6.45) is 4.05. The molecule has 4 aliphatic rings. The van der Waals surface area contributed by atoms with Gasteiger partial charge in [-0.25, -0.2) is 14.7 Å². The van der Waals surface area contributed by atoms with E-state index < -0.39 is 11.7 Å². The zero-order chi connectivity index (χ0) is 20.6. The highest BCUT2D eigenvalue weighted by atomic mass is 16.6. The molecule has 4 fully saturated rings. The van der Waals surface area contributed by atoms with Crippen LogP contribution < -0.4 is 5.32 Å². The molecular formula is C20H28N4O5. The van der Waals surface area contributed by atoms with Crippen LogP contribution in [-0.2, 0) is 4.74 Å². The average Bonchev–Trinajstić information content (AvgIpc) is 3.09. The van der Waals surface area contributed by atoms with Crippen LogP contribution in [0, 0.1) is 5.41 Å². The Morgan fingerprint density at radius 3 is 2.76 bits per heavy atom. The lowest BCUT2D eigenvalue weighted by molar-refractivity contribution is -0.0782. The van der Waals surface area contributed by atoms with Gasteiger partial charge in [0.15, 0.2) is 0 Å². The third-order valence-corrected chi connectivity index (χ3v) is 6.83. The van der Waals surface area contributed by atoms with Crippen LogP contribution in [0.2, 0.25) is 0 Å². The minimum atomic E-state index is -0.512. The Hall–Kier alpha value is -2.29. The van der Waals surface area contributed by atoms with Gasteiger partial charge in [0, 0.05) is 24.6 Å². The second-order valence-electron chi connectivity index (χ2n) is 10.0. The minimum Gasteiger partial charge on any atom is -0.444 e. The molecule has 5 rings (SSSR count). The second-order valence-corrected chi connectivity index (χ2v) is 10.0. The molecule has 2 aliphatic carbocycles. The van der Waals surface area contributed by atoms with Gasteiger partial charge in [-0.1, -0.05) is 5.16 Å². The normalized spacial score (nSPS) is 32.3. The van der Waals surface area contributed by atoms with E-state index in [2.05, 4.69) is 10.5 Å². The number of hydrogen-bond acceptors (Lipinski definition) is 6.